The number of aliphatic hydroxyl groups is 1. The summed E-state index contributed by atoms with van der Waals surface area (Å²) in [4.78, 5) is 26.6. The lowest BCUT2D eigenvalue weighted by molar-refractivity contribution is -0.113. The monoisotopic (exact) mass is 488 g/mol. The number of aliphatic imine (C=N–C) groups is 1. The Bertz CT molecular complexity index is 1430. The van der Waals surface area contributed by atoms with Gasteiger partial charge in [-0.15, -0.1) is 0 Å². The summed E-state index contributed by atoms with van der Waals surface area (Å²) >= 11 is 6.50. The van der Waals surface area contributed by atoms with Gasteiger partial charge in [0.15, 0.2) is 5.58 Å². The third-order valence-corrected chi connectivity index (χ3v) is 5.79. The number of halogens is 1. The van der Waals surface area contributed by atoms with E-state index in [1.807, 2.05) is 42.5 Å². The lowest BCUT2D eigenvalue weighted by atomic mass is 9.95. The van der Waals surface area contributed by atoms with E-state index in [-0.39, 0.29) is 18.5 Å². The number of carbonyl (C=O) groups excluding carboxylic acids is 1. The van der Waals surface area contributed by atoms with Gasteiger partial charge >= 0.3 is 6.01 Å². The quantitative estimate of drug-likeness (QED) is 0.328. The van der Waals surface area contributed by atoms with Gasteiger partial charge in [0, 0.05) is 16.3 Å². The Balaban J connectivity index is 1.47. The van der Waals surface area contributed by atoms with Crippen molar-refractivity contribution in [1.29, 1.82) is 0 Å². The Kier molecular flexibility index (Phi) is 6.17. The largest absolute Gasteiger partial charge is 0.423 e. The highest BCUT2D eigenvalue weighted by Crippen LogP contribution is 2.35. The molecular formula is C25H21ClN6O3. The molecule has 1 aliphatic heterocycles. The number of aromatic nitrogens is 2. The van der Waals surface area contributed by atoms with Crippen LogP contribution in [0.1, 0.15) is 24.2 Å². The van der Waals surface area contributed by atoms with Gasteiger partial charge in [0.05, 0.1) is 29.8 Å². The summed E-state index contributed by atoms with van der Waals surface area (Å²) in [5, 5.41) is 18.7. The zero-order valence-corrected chi connectivity index (χ0v) is 19.4. The van der Waals surface area contributed by atoms with E-state index in [4.69, 9.17) is 21.0 Å². The normalized spacial score (nSPS) is 15.5. The van der Waals surface area contributed by atoms with E-state index < -0.39 is 6.04 Å². The van der Waals surface area contributed by atoms with E-state index in [1.54, 1.807) is 25.1 Å². The second-order valence-corrected chi connectivity index (χ2v) is 8.23. The number of guanidine groups is 1. The number of anilines is 2. The van der Waals surface area contributed by atoms with Crippen molar-refractivity contribution in [2.75, 3.05) is 10.6 Å². The van der Waals surface area contributed by atoms with Crippen molar-refractivity contribution in [2.45, 2.75) is 19.6 Å². The fourth-order valence-electron chi connectivity index (χ4n) is 3.77. The number of aliphatic hydroxyl groups excluding tert-OH is 1. The number of hydrogen-bond acceptors (Lipinski definition) is 8. The van der Waals surface area contributed by atoms with Crippen molar-refractivity contribution in [3.8, 4) is 0 Å². The van der Waals surface area contributed by atoms with Gasteiger partial charge in [-0.25, -0.2) is 4.99 Å². The zero-order valence-electron chi connectivity index (χ0n) is 18.6. The summed E-state index contributed by atoms with van der Waals surface area (Å²) in [6, 6.07) is 17.6. The molecule has 4 aromatic rings. The van der Waals surface area contributed by atoms with Crippen molar-refractivity contribution < 1.29 is 14.3 Å². The van der Waals surface area contributed by atoms with Crippen LogP contribution in [0, 0.1) is 0 Å². The summed E-state index contributed by atoms with van der Waals surface area (Å²) in [7, 11) is 0. The maximum atomic E-state index is 13.4. The summed E-state index contributed by atoms with van der Waals surface area (Å²) in [5.41, 5.74) is 4.00. The van der Waals surface area contributed by atoms with Gasteiger partial charge in [0.1, 0.15) is 11.6 Å². The minimum absolute atomic E-state index is 0.179. The molecule has 0 spiro atoms. The zero-order chi connectivity index (χ0) is 24.4. The number of nitrogens with one attached hydrogen (secondary N) is 3. The molecule has 1 aliphatic rings. The first kappa shape index (κ1) is 22.6. The molecule has 1 amide bonds. The molecule has 9 nitrogen and oxygen atoms in total. The number of carbonyl (C=O) groups is 1. The number of hydrogen-bond donors (Lipinski definition) is 4. The van der Waals surface area contributed by atoms with Crippen molar-refractivity contribution in [1.82, 2.24) is 15.3 Å². The van der Waals surface area contributed by atoms with E-state index in [0.29, 0.717) is 50.3 Å². The second kappa shape index (κ2) is 9.57. The number of allylic oxidation sites excluding steroid dienone is 1. The number of fused-ring (bicyclic) bond motifs is 1. The van der Waals surface area contributed by atoms with Crippen molar-refractivity contribution >= 4 is 46.3 Å². The molecule has 0 radical (unpaired) electrons. The van der Waals surface area contributed by atoms with Gasteiger partial charge in [-0.05, 0) is 37.3 Å². The Morgan fingerprint density at radius 1 is 1.14 bits per heavy atom. The van der Waals surface area contributed by atoms with Crippen LogP contribution in [0.2, 0.25) is 5.02 Å². The number of para-hydroxylation sites is 2. The minimum Gasteiger partial charge on any atom is -0.423 e. The molecule has 10 heteroatoms. The standard InChI is InChI=1S/C25H21ClN6O3/c1-14-21(23(34)29-15-10-11-16(13-33)27-12-15)22(17-6-2-3-7-18(17)26)31-24(28-14)32-25-30-19-8-4-5-9-20(19)35-25/h2-12,22,33H,13H2,1H3,(H,29,34)(H2,28,30,31,32). The highest BCUT2D eigenvalue weighted by atomic mass is 35.5. The lowest BCUT2D eigenvalue weighted by Crippen LogP contribution is -2.37. The summed E-state index contributed by atoms with van der Waals surface area (Å²) < 4.78 is 5.75. The van der Waals surface area contributed by atoms with E-state index in [2.05, 4.69) is 25.9 Å². The van der Waals surface area contributed by atoms with Gasteiger partial charge in [-0.2, -0.15) is 4.98 Å². The molecule has 176 valence electrons. The maximum absolute atomic E-state index is 13.4. The Hall–Kier alpha value is -4.21. The van der Waals surface area contributed by atoms with E-state index in [9.17, 15) is 9.90 Å². The molecule has 1 unspecified atom stereocenters. The number of rotatable bonds is 5. The summed E-state index contributed by atoms with van der Waals surface area (Å²) in [5.74, 6) is 0.00706. The van der Waals surface area contributed by atoms with Crippen LogP contribution in [0.5, 0.6) is 0 Å². The molecular weight excluding hydrogens is 468 g/mol. The van der Waals surface area contributed by atoms with Crippen LogP contribution in [0.15, 0.2) is 87.5 Å². The van der Waals surface area contributed by atoms with Crippen molar-refractivity contribution in [3.05, 3.63) is 94.4 Å². The minimum atomic E-state index is -0.693. The number of nitrogens with zero attached hydrogens (tertiary/aromatic N) is 3. The van der Waals surface area contributed by atoms with Crippen molar-refractivity contribution in [3.63, 3.8) is 0 Å². The SMILES string of the molecule is CC1=C(C(=O)Nc2ccc(CO)nc2)C(c2ccccc2Cl)N=C(Nc2nc3ccccc3o2)N1. The molecule has 2 aromatic heterocycles. The van der Waals surface area contributed by atoms with Gasteiger partial charge < -0.3 is 20.2 Å². The average Bonchev–Trinajstić information content (AvgIpc) is 3.26. The molecule has 5 rings (SSSR count). The fraction of sp³-hybridized carbons (Fsp3) is 0.120. The van der Waals surface area contributed by atoms with Gasteiger partial charge in [0.25, 0.3) is 5.91 Å². The van der Waals surface area contributed by atoms with Gasteiger partial charge in [0.2, 0.25) is 5.96 Å². The average molecular weight is 489 g/mol. The van der Waals surface area contributed by atoms with Crippen molar-refractivity contribution in [2.24, 2.45) is 4.99 Å². The number of pyridine rings is 1. The predicted octanol–water partition coefficient (Wildman–Crippen LogP) is 4.39. The Labute approximate surface area is 205 Å². The third kappa shape index (κ3) is 4.72. The maximum Gasteiger partial charge on any atom is 0.302 e. The highest BCUT2D eigenvalue weighted by Gasteiger charge is 2.31. The molecule has 1 atom stereocenters. The van der Waals surface area contributed by atoms with Crippen LogP contribution in [-0.4, -0.2) is 26.9 Å². The molecule has 0 aliphatic carbocycles. The molecule has 2 aromatic carbocycles. The van der Waals surface area contributed by atoms with Crippen LogP contribution >= 0.6 is 11.6 Å². The molecule has 0 saturated carbocycles. The predicted molar refractivity (Wildman–Crippen MR) is 134 cm³/mol. The summed E-state index contributed by atoms with van der Waals surface area (Å²) in [6.45, 7) is 1.61. The Morgan fingerprint density at radius 3 is 2.69 bits per heavy atom. The number of oxazole rings is 1. The first-order chi connectivity index (χ1) is 17.0. The first-order valence-corrected chi connectivity index (χ1v) is 11.2. The van der Waals surface area contributed by atoms with E-state index in [1.165, 1.54) is 6.20 Å². The Morgan fingerprint density at radius 2 is 1.94 bits per heavy atom. The second-order valence-electron chi connectivity index (χ2n) is 7.83. The number of amides is 1. The van der Waals surface area contributed by atoms with Crippen LogP contribution in [0.3, 0.4) is 0 Å². The molecule has 3 heterocycles. The number of benzene rings is 2. The molecule has 0 saturated heterocycles. The van der Waals surface area contributed by atoms with Crippen LogP contribution in [0.4, 0.5) is 11.7 Å². The topological polar surface area (TPSA) is 125 Å². The van der Waals surface area contributed by atoms with Gasteiger partial charge in [-0.3, -0.25) is 15.1 Å². The van der Waals surface area contributed by atoms with Crippen LogP contribution < -0.4 is 16.0 Å². The summed E-state index contributed by atoms with van der Waals surface area (Å²) in [6.07, 6.45) is 1.49. The lowest BCUT2D eigenvalue weighted by Gasteiger charge is -2.27. The molecule has 0 bridgehead atoms. The molecule has 0 fully saturated rings. The molecule has 4 N–H and O–H groups in total. The highest BCUT2D eigenvalue weighted by molar-refractivity contribution is 6.31. The van der Waals surface area contributed by atoms with E-state index in [0.717, 1.165) is 0 Å². The van der Waals surface area contributed by atoms with E-state index >= 15 is 0 Å². The smallest absolute Gasteiger partial charge is 0.302 e. The fourth-order valence-corrected chi connectivity index (χ4v) is 4.01. The first-order valence-electron chi connectivity index (χ1n) is 10.8. The van der Waals surface area contributed by atoms with Crippen LogP contribution in [0.25, 0.3) is 11.1 Å². The third-order valence-electron chi connectivity index (χ3n) is 5.45. The van der Waals surface area contributed by atoms with Crippen LogP contribution in [-0.2, 0) is 11.4 Å². The molecule has 35 heavy (non-hydrogen) atoms. The van der Waals surface area contributed by atoms with Gasteiger partial charge in [-0.1, -0.05) is 41.9 Å².